The summed E-state index contributed by atoms with van der Waals surface area (Å²) in [7, 11) is 1.72. The van der Waals surface area contributed by atoms with Crippen LogP contribution in [0.5, 0.6) is 0 Å². The summed E-state index contributed by atoms with van der Waals surface area (Å²) in [5.74, 6) is 0.530. The third kappa shape index (κ3) is 6.20. The van der Waals surface area contributed by atoms with Crippen LogP contribution in [-0.2, 0) is 4.74 Å². The van der Waals surface area contributed by atoms with Gasteiger partial charge in [0.1, 0.15) is 6.10 Å². The van der Waals surface area contributed by atoms with Crippen molar-refractivity contribution in [1.82, 2.24) is 5.32 Å². The SMILES string of the molecule is CN=C(C=N/C(=C/c1ccc(Cl)cc1)c1ccc(Cl)cc1)OC1CCNCC1. The average molecular weight is 416 g/mol. The zero-order valence-corrected chi connectivity index (χ0v) is 17.2. The first-order valence-corrected chi connectivity index (χ1v) is 10.0. The van der Waals surface area contributed by atoms with Gasteiger partial charge in [-0.2, -0.15) is 0 Å². The molecule has 146 valence electrons. The summed E-state index contributed by atoms with van der Waals surface area (Å²) < 4.78 is 6.01. The summed E-state index contributed by atoms with van der Waals surface area (Å²) in [6.07, 6.45) is 5.78. The number of benzene rings is 2. The Hall–Kier alpha value is -2.14. The first kappa shape index (κ1) is 20.6. The van der Waals surface area contributed by atoms with Gasteiger partial charge >= 0.3 is 0 Å². The zero-order chi connectivity index (χ0) is 19.8. The summed E-state index contributed by atoms with van der Waals surface area (Å²) >= 11 is 12.0. The summed E-state index contributed by atoms with van der Waals surface area (Å²) in [5, 5.41) is 4.71. The third-order valence-electron chi connectivity index (χ3n) is 4.42. The zero-order valence-electron chi connectivity index (χ0n) is 15.7. The lowest BCUT2D eigenvalue weighted by Crippen LogP contribution is -2.34. The smallest absolute Gasteiger partial charge is 0.227 e. The molecule has 1 fully saturated rings. The average Bonchev–Trinajstić information content (AvgIpc) is 2.73. The van der Waals surface area contributed by atoms with Gasteiger partial charge in [0.2, 0.25) is 5.90 Å². The highest BCUT2D eigenvalue weighted by Gasteiger charge is 2.15. The maximum absolute atomic E-state index is 6.04. The minimum Gasteiger partial charge on any atom is -0.473 e. The minimum atomic E-state index is 0.172. The normalized spacial score (nSPS) is 16.5. The van der Waals surface area contributed by atoms with E-state index in [1.165, 1.54) is 0 Å². The van der Waals surface area contributed by atoms with Crippen molar-refractivity contribution in [3.63, 3.8) is 0 Å². The molecule has 0 aromatic heterocycles. The molecular weight excluding hydrogens is 393 g/mol. The van der Waals surface area contributed by atoms with Gasteiger partial charge in [0.05, 0.1) is 11.9 Å². The number of rotatable bonds is 5. The fraction of sp³-hybridized carbons (Fsp3) is 0.273. The van der Waals surface area contributed by atoms with Crippen LogP contribution in [0.4, 0.5) is 0 Å². The van der Waals surface area contributed by atoms with Crippen LogP contribution in [0.25, 0.3) is 11.8 Å². The molecule has 1 aliphatic heterocycles. The highest BCUT2D eigenvalue weighted by Crippen LogP contribution is 2.22. The van der Waals surface area contributed by atoms with Gasteiger partial charge in [-0.25, -0.2) is 0 Å². The number of nitrogens with zero attached hydrogens (tertiary/aromatic N) is 2. The predicted octanol–water partition coefficient (Wildman–Crippen LogP) is 5.36. The molecule has 0 saturated carbocycles. The number of aliphatic imine (C=N–C) groups is 2. The molecule has 3 rings (SSSR count). The van der Waals surface area contributed by atoms with Crippen molar-refractivity contribution in [2.45, 2.75) is 18.9 Å². The second-order valence-corrected chi connectivity index (χ2v) is 7.35. The van der Waals surface area contributed by atoms with E-state index in [0.29, 0.717) is 15.9 Å². The van der Waals surface area contributed by atoms with Crippen LogP contribution in [0.3, 0.4) is 0 Å². The van der Waals surface area contributed by atoms with E-state index in [-0.39, 0.29) is 6.10 Å². The molecule has 1 saturated heterocycles. The molecule has 0 radical (unpaired) electrons. The van der Waals surface area contributed by atoms with Crippen molar-refractivity contribution in [1.29, 1.82) is 0 Å². The maximum atomic E-state index is 6.04. The lowest BCUT2D eigenvalue weighted by molar-refractivity contribution is 0.154. The lowest BCUT2D eigenvalue weighted by Gasteiger charge is -2.23. The van der Waals surface area contributed by atoms with E-state index in [1.807, 2.05) is 54.6 Å². The Labute approximate surface area is 176 Å². The second kappa shape index (κ2) is 10.4. The fourth-order valence-electron chi connectivity index (χ4n) is 2.88. The minimum absolute atomic E-state index is 0.172. The Morgan fingerprint density at radius 3 is 2.21 bits per heavy atom. The van der Waals surface area contributed by atoms with Crippen molar-refractivity contribution in [2.24, 2.45) is 9.98 Å². The number of ether oxygens (including phenoxy) is 1. The molecule has 4 nitrogen and oxygen atoms in total. The van der Waals surface area contributed by atoms with Gasteiger partial charge in [0, 0.05) is 22.7 Å². The second-order valence-electron chi connectivity index (χ2n) is 6.48. The molecule has 0 atom stereocenters. The fourth-order valence-corrected chi connectivity index (χ4v) is 3.13. The van der Waals surface area contributed by atoms with Crippen LogP contribution in [-0.4, -0.2) is 38.4 Å². The number of halogens is 2. The van der Waals surface area contributed by atoms with Gasteiger partial charge in [-0.3, -0.25) is 9.98 Å². The largest absolute Gasteiger partial charge is 0.473 e. The molecule has 0 amide bonds. The van der Waals surface area contributed by atoms with Gasteiger partial charge < -0.3 is 10.1 Å². The maximum Gasteiger partial charge on any atom is 0.227 e. The molecule has 1 aliphatic rings. The molecule has 1 N–H and O–H groups in total. The summed E-state index contributed by atoms with van der Waals surface area (Å²) in [5.41, 5.74) is 2.74. The van der Waals surface area contributed by atoms with Gasteiger partial charge in [0.25, 0.3) is 0 Å². The monoisotopic (exact) mass is 415 g/mol. The van der Waals surface area contributed by atoms with Crippen molar-refractivity contribution < 1.29 is 4.74 Å². The van der Waals surface area contributed by atoms with Crippen LogP contribution < -0.4 is 5.32 Å². The standard InChI is InChI=1S/C22H23Cl2N3O/c1-25-22(28-20-10-12-26-13-11-20)15-27-21(17-4-8-19(24)9-5-17)14-16-2-6-18(23)7-3-16/h2-9,14-15,20,26H,10-13H2,1H3/b21-14+,25-22?,27-15?. The molecule has 1 heterocycles. The Kier molecular flexibility index (Phi) is 7.66. The van der Waals surface area contributed by atoms with E-state index in [4.69, 9.17) is 27.9 Å². The Bertz CT molecular complexity index is 852. The molecule has 2 aromatic rings. The third-order valence-corrected chi connectivity index (χ3v) is 4.93. The van der Waals surface area contributed by atoms with Crippen LogP contribution in [0, 0.1) is 0 Å². The topological polar surface area (TPSA) is 46.0 Å². The van der Waals surface area contributed by atoms with Crippen LogP contribution >= 0.6 is 23.2 Å². The van der Waals surface area contributed by atoms with Crippen LogP contribution in [0.1, 0.15) is 24.0 Å². The number of hydrogen-bond acceptors (Lipinski definition) is 4. The first-order valence-electron chi connectivity index (χ1n) is 9.25. The van der Waals surface area contributed by atoms with E-state index in [0.717, 1.165) is 42.8 Å². The molecule has 0 aliphatic carbocycles. The molecule has 6 heteroatoms. The van der Waals surface area contributed by atoms with E-state index >= 15 is 0 Å². The van der Waals surface area contributed by atoms with Gasteiger partial charge in [0.15, 0.2) is 0 Å². The molecule has 0 spiro atoms. The van der Waals surface area contributed by atoms with Crippen LogP contribution in [0.15, 0.2) is 58.5 Å². The lowest BCUT2D eigenvalue weighted by atomic mass is 10.1. The number of hydrogen-bond donors (Lipinski definition) is 1. The first-order chi connectivity index (χ1) is 13.6. The van der Waals surface area contributed by atoms with E-state index in [9.17, 15) is 0 Å². The van der Waals surface area contributed by atoms with Gasteiger partial charge in [-0.1, -0.05) is 47.5 Å². The Balaban J connectivity index is 1.84. The van der Waals surface area contributed by atoms with Gasteiger partial charge in [-0.15, -0.1) is 0 Å². The van der Waals surface area contributed by atoms with Crippen molar-refractivity contribution in [3.8, 4) is 0 Å². The quantitative estimate of drug-likeness (QED) is 0.405. The summed E-state index contributed by atoms with van der Waals surface area (Å²) in [4.78, 5) is 8.91. The van der Waals surface area contributed by atoms with E-state index in [1.54, 1.807) is 13.3 Å². The molecule has 2 aromatic carbocycles. The van der Waals surface area contributed by atoms with E-state index in [2.05, 4.69) is 15.3 Å². The highest BCUT2D eigenvalue weighted by atomic mass is 35.5. The number of nitrogens with one attached hydrogen (secondary N) is 1. The molecular formula is C22H23Cl2N3O. The number of piperidine rings is 1. The van der Waals surface area contributed by atoms with Crippen LogP contribution in [0.2, 0.25) is 10.0 Å². The van der Waals surface area contributed by atoms with Crippen molar-refractivity contribution in [2.75, 3.05) is 20.1 Å². The van der Waals surface area contributed by atoms with Crippen molar-refractivity contribution in [3.05, 3.63) is 69.7 Å². The van der Waals surface area contributed by atoms with Crippen molar-refractivity contribution >= 4 is 47.1 Å². The predicted molar refractivity (Wildman–Crippen MR) is 120 cm³/mol. The summed E-state index contributed by atoms with van der Waals surface area (Å²) in [6, 6.07) is 15.2. The Morgan fingerprint density at radius 1 is 1.00 bits per heavy atom. The Morgan fingerprint density at radius 2 is 1.61 bits per heavy atom. The van der Waals surface area contributed by atoms with E-state index < -0.39 is 0 Å². The molecule has 0 unspecified atom stereocenters. The summed E-state index contributed by atoms with van der Waals surface area (Å²) in [6.45, 7) is 1.93. The van der Waals surface area contributed by atoms with Gasteiger partial charge in [-0.05, 0) is 61.8 Å². The molecule has 28 heavy (non-hydrogen) atoms. The highest BCUT2D eigenvalue weighted by molar-refractivity contribution is 6.31. The molecule has 0 bridgehead atoms.